The van der Waals surface area contributed by atoms with Gasteiger partial charge in [0.25, 0.3) is 21.8 Å². The van der Waals surface area contributed by atoms with E-state index in [2.05, 4.69) is 9.71 Å². The van der Waals surface area contributed by atoms with Gasteiger partial charge in [0.2, 0.25) is 0 Å². The van der Waals surface area contributed by atoms with Gasteiger partial charge in [0.1, 0.15) is 5.69 Å². The Morgan fingerprint density at radius 3 is 2.43 bits per heavy atom. The Morgan fingerprint density at radius 2 is 1.77 bits per heavy atom. The zero-order chi connectivity index (χ0) is 21.5. The van der Waals surface area contributed by atoms with Crippen molar-refractivity contribution in [2.75, 3.05) is 4.72 Å². The average molecular weight is 442 g/mol. The van der Waals surface area contributed by atoms with Crippen molar-refractivity contribution in [2.45, 2.75) is 18.4 Å². The highest BCUT2D eigenvalue weighted by atomic mass is 35.5. The number of carbonyl (C=O) groups is 2. The lowest BCUT2D eigenvalue weighted by molar-refractivity contribution is 0.0640. The normalized spacial score (nSPS) is 13.5. The van der Waals surface area contributed by atoms with Gasteiger partial charge in [0.05, 0.1) is 27.7 Å². The molecular formula is C21H16ClN3O4S. The molecule has 0 radical (unpaired) electrons. The molecule has 9 heteroatoms. The molecule has 1 aromatic heterocycles. The summed E-state index contributed by atoms with van der Waals surface area (Å²) in [5.74, 6) is -0.890. The molecule has 7 nitrogen and oxygen atoms in total. The number of benzene rings is 2. The number of nitrogens with one attached hydrogen (secondary N) is 1. The molecule has 1 N–H and O–H groups in total. The van der Waals surface area contributed by atoms with Gasteiger partial charge in [-0.1, -0.05) is 29.8 Å². The first-order valence-electron chi connectivity index (χ1n) is 8.95. The highest BCUT2D eigenvalue weighted by Gasteiger charge is 2.36. The van der Waals surface area contributed by atoms with Crippen molar-refractivity contribution < 1.29 is 18.0 Å². The average Bonchev–Trinajstić information content (AvgIpc) is 2.96. The van der Waals surface area contributed by atoms with Crippen molar-refractivity contribution >= 4 is 39.1 Å². The molecule has 2 aromatic carbocycles. The third kappa shape index (κ3) is 3.67. The highest BCUT2D eigenvalue weighted by Crippen LogP contribution is 2.26. The summed E-state index contributed by atoms with van der Waals surface area (Å²) in [5, 5.41) is 0.300. The molecule has 0 aliphatic carbocycles. The standard InChI is InChI=1S/C21H16ClN3O4S/c1-13-4-9-18(17(22)11-13)24-30(28,29)15-7-5-14(6-8-15)12-25-20(26)16-3-2-10-23-19(16)21(25)27/h2-11,24H,12H2,1H3. The van der Waals surface area contributed by atoms with Gasteiger partial charge in [-0.05, 0) is 54.4 Å². The second kappa shape index (κ2) is 7.55. The number of imide groups is 1. The maximum atomic E-state index is 12.7. The molecule has 0 saturated carbocycles. The van der Waals surface area contributed by atoms with Gasteiger partial charge in [0.15, 0.2) is 0 Å². The Hall–Kier alpha value is -3.23. The van der Waals surface area contributed by atoms with E-state index in [-0.39, 0.29) is 28.4 Å². The van der Waals surface area contributed by atoms with Crippen molar-refractivity contribution in [2.24, 2.45) is 0 Å². The highest BCUT2D eigenvalue weighted by molar-refractivity contribution is 7.92. The summed E-state index contributed by atoms with van der Waals surface area (Å²) in [6, 6.07) is 14.1. The number of anilines is 1. The molecule has 0 bridgehead atoms. The van der Waals surface area contributed by atoms with Crippen molar-refractivity contribution in [3.05, 3.63) is 88.2 Å². The van der Waals surface area contributed by atoms with Gasteiger partial charge >= 0.3 is 0 Å². The molecule has 0 spiro atoms. The Labute approximate surface area is 178 Å². The van der Waals surface area contributed by atoms with E-state index in [1.165, 1.54) is 18.3 Å². The van der Waals surface area contributed by atoms with Crippen LogP contribution in [0.15, 0.2) is 65.7 Å². The number of halogens is 1. The first-order chi connectivity index (χ1) is 14.3. The number of fused-ring (bicyclic) bond motifs is 1. The topological polar surface area (TPSA) is 96.4 Å². The SMILES string of the molecule is Cc1ccc(NS(=O)(=O)c2ccc(CN3C(=O)c4cccnc4C3=O)cc2)c(Cl)c1. The molecule has 2 heterocycles. The molecule has 1 aliphatic heterocycles. The molecule has 0 unspecified atom stereocenters. The van der Waals surface area contributed by atoms with Crippen LogP contribution in [-0.2, 0) is 16.6 Å². The van der Waals surface area contributed by atoms with E-state index in [9.17, 15) is 18.0 Å². The van der Waals surface area contributed by atoms with Gasteiger partial charge < -0.3 is 0 Å². The van der Waals surface area contributed by atoms with Crippen LogP contribution in [0.4, 0.5) is 5.69 Å². The predicted octanol–water partition coefficient (Wildman–Crippen LogP) is 3.64. The van der Waals surface area contributed by atoms with Crippen LogP contribution in [0.5, 0.6) is 0 Å². The number of pyridine rings is 1. The lowest BCUT2D eigenvalue weighted by Crippen LogP contribution is -2.29. The van der Waals surface area contributed by atoms with Crippen LogP contribution in [0.2, 0.25) is 5.02 Å². The second-order valence-electron chi connectivity index (χ2n) is 6.83. The van der Waals surface area contributed by atoms with Crippen LogP contribution in [0, 0.1) is 6.92 Å². The number of hydrogen-bond donors (Lipinski definition) is 1. The zero-order valence-corrected chi connectivity index (χ0v) is 17.4. The van der Waals surface area contributed by atoms with Gasteiger partial charge in [-0.15, -0.1) is 0 Å². The number of aromatic nitrogens is 1. The molecule has 30 heavy (non-hydrogen) atoms. The molecule has 0 fully saturated rings. The second-order valence-corrected chi connectivity index (χ2v) is 8.92. The summed E-state index contributed by atoms with van der Waals surface area (Å²) in [6.45, 7) is 1.87. The fourth-order valence-electron chi connectivity index (χ4n) is 3.12. The predicted molar refractivity (Wildman–Crippen MR) is 112 cm³/mol. The Kier molecular flexibility index (Phi) is 5.05. The lowest BCUT2D eigenvalue weighted by atomic mass is 10.2. The molecule has 1 aliphatic rings. The summed E-state index contributed by atoms with van der Waals surface area (Å²) in [4.78, 5) is 30.0. The molecular weight excluding hydrogens is 426 g/mol. The van der Waals surface area contributed by atoms with E-state index in [0.717, 1.165) is 10.5 Å². The van der Waals surface area contributed by atoms with Crippen molar-refractivity contribution in [3.8, 4) is 0 Å². The number of sulfonamides is 1. The number of aryl methyl sites for hydroxylation is 1. The molecule has 152 valence electrons. The minimum absolute atomic E-state index is 0.0194. The van der Waals surface area contributed by atoms with Gasteiger partial charge in [-0.2, -0.15) is 0 Å². The molecule has 2 amide bonds. The minimum atomic E-state index is -3.85. The van der Waals surface area contributed by atoms with Crippen LogP contribution < -0.4 is 4.72 Å². The van der Waals surface area contributed by atoms with E-state index < -0.39 is 21.8 Å². The van der Waals surface area contributed by atoms with E-state index in [4.69, 9.17) is 11.6 Å². The first-order valence-corrected chi connectivity index (χ1v) is 10.8. The first kappa shape index (κ1) is 20.1. The Morgan fingerprint density at radius 1 is 1.03 bits per heavy atom. The quantitative estimate of drug-likeness (QED) is 0.610. The maximum absolute atomic E-state index is 12.7. The number of amides is 2. The molecule has 0 saturated heterocycles. The van der Waals surface area contributed by atoms with E-state index in [0.29, 0.717) is 10.6 Å². The monoisotopic (exact) mass is 441 g/mol. The van der Waals surface area contributed by atoms with Crippen LogP contribution in [0.3, 0.4) is 0 Å². The van der Waals surface area contributed by atoms with Crippen LogP contribution in [-0.4, -0.2) is 30.1 Å². The third-order valence-electron chi connectivity index (χ3n) is 4.67. The van der Waals surface area contributed by atoms with Gasteiger partial charge in [0, 0.05) is 6.20 Å². The summed E-state index contributed by atoms with van der Waals surface area (Å²) < 4.78 is 27.8. The number of nitrogens with zero attached hydrogens (tertiary/aromatic N) is 2. The fourth-order valence-corrected chi connectivity index (χ4v) is 4.54. The summed E-state index contributed by atoms with van der Waals surface area (Å²) in [5.41, 5.74) is 2.19. The van der Waals surface area contributed by atoms with Crippen LogP contribution in [0.1, 0.15) is 32.0 Å². The summed E-state index contributed by atoms with van der Waals surface area (Å²) in [6.07, 6.45) is 1.46. The largest absolute Gasteiger partial charge is 0.280 e. The van der Waals surface area contributed by atoms with Gasteiger partial charge in [-0.25, -0.2) is 8.42 Å². The summed E-state index contributed by atoms with van der Waals surface area (Å²) in [7, 11) is -3.85. The van der Waals surface area contributed by atoms with E-state index in [1.807, 2.05) is 6.92 Å². The molecule has 0 atom stereocenters. The zero-order valence-electron chi connectivity index (χ0n) is 15.8. The molecule has 4 rings (SSSR count). The summed E-state index contributed by atoms with van der Waals surface area (Å²) >= 11 is 6.11. The minimum Gasteiger partial charge on any atom is -0.278 e. The third-order valence-corrected chi connectivity index (χ3v) is 6.37. The number of rotatable bonds is 5. The Balaban J connectivity index is 1.52. The van der Waals surface area contributed by atoms with Gasteiger partial charge in [-0.3, -0.25) is 24.2 Å². The number of carbonyl (C=O) groups excluding carboxylic acids is 2. The van der Waals surface area contributed by atoms with Crippen molar-refractivity contribution in [1.82, 2.24) is 9.88 Å². The maximum Gasteiger partial charge on any atom is 0.280 e. The van der Waals surface area contributed by atoms with Crippen LogP contribution >= 0.6 is 11.6 Å². The van der Waals surface area contributed by atoms with Crippen molar-refractivity contribution in [3.63, 3.8) is 0 Å². The van der Waals surface area contributed by atoms with E-state index >= 15 is 0 Å². The number of hydrogen-bond acceptors (Lipinski definition) is 5. The fraction of sp³-hybridized carbons (Fsp3) is 0.0952. The lowest BCUT2D eigenvalue weighted by Gasteiger charge is -2.14. The molecule has 3 aromatic rings. The van der Waals surface area contributed by atoms with Crippen LogP contribution in [0.25, 0.3) is 0 Å². The smallest absolute Gasteiger partial charge is 0.278 e. The van der Waals surface area contributed by atoms with Crippen molar-refractivity contribution in [1.29, 1.82) is 0 Å². The van der Waals surface area contributed by atoms with E-state index in [1.54, 1.807) is 42.5 Å². The Bertz CT molecular complexity index is 1240.